The van der Waals surface area contributed by atoms with Crippen LogP contribution in [0.4, 0.5) is 10.5 Å². The number of amides is 1. The zero-order valence-electron chi connectivity index (χ0n) is 10.8. The Bertz CT molecular complexity index is 642. The Hall–Kier alpha value is -2.77. The zero-order chi connectivity index (χ0) is 14.2. The molecule has 3 N–H and O–H groups in total. The Morgan fingerprint density at radius 2 is 1.95 bits per heavy atom. The molecule has 0 aliphatic rings. The van der Waals surface area contributed by atoms with Gasteiger partial charge >= 0.3 is 6.09 Å². The molecule has 0 radical (unpaired) electrons. The van der Waals surface area contributed by atoms with Gasteiger partial charge in [-0.25, -0.2) is 4.79 Å². The van der Waals surface area contributed by atoms with Gasteiger partial charge < -0.3 is 10.5 Å². The summed E-state index contributed by atoms with van der Waals surface area (Å²) in [4.78, 5) is 11.7. The molecule has 0 unspecified atom stereocenters. The molecule has 0 bridgehead atoms. The summed E-state index contributed by atoms with van der Waals surface area (Å²) in [5.74, 6) is 6.15. The first-order valence-corrected chi connectivity index (χ1v) is 6.11. The fourth-order valence-electron chi connectivity index (χ4n) is 1.57. The molecule has 4 heteroatoms. The van der Waals surface area contributed by atoms with Crippen LogP contribution in [0.15, 0.2) is 54.6 Å². The van der Waals surface area contributed by atoms with Crippen molar-refractivity contribution in [2.24, 2.45) is 5.73 Å². The summed E-state index contributed by atoms with van der Waals surface area (Å²) < 4.78 is 5.13. The molecular formula is C16H14N2O2. The van der Waals surface area contributed by atoms with Crippen molar-refractivity contribution in [1.29, 1.82) is 0 Å². The summed E-state index contributed by atoms with van der Waals surface area (Å²) in [5.41, 5.74) is 6.72. The second-order valence-corrected chi connectivity index (χ2v) is 3.91. The minimum Gasteiger partial charge on any atom is -0.410 e. The predicted molar refractivity (Wildman–Crippen MR) is 78.5 cm³/mol. The quantitative estimate of drug-likeness (QED) is 0.821. The Balaban J connectivity index is 2.01. The highest BCUT2D eigenvalue weighted by Crippen LogP contribution is 2.12. The number of anilines is 1. The van der Waals surface area contributed by atoms with Gasteiger partial charge in [-0.1, -0.05) is 36.1 Å². The number of carbonyl (C=O) groups excluding carboxylic acids is 1. The largest absolute Gasteiger partial charge is 0.417 e. The second-order valence-electron chi connectivity index (χ2n) is 3.91. The van der Waals surface area contributed by atoms with Gasteiger partial charge in [0.25, 0.3) is 0 Å². The molecule has 0 aliphatic heterocycles. The van der Waals surface area contributed by atoms with Crippen LogP contribution >= 0.6 is 0 Å². The molecule has 4 nitrogen and oxygen atoms in total. The maximum atomic E-state index is 11.7. The lowest BCUT2D eigenvalue weighted by molar-refractivity contribution is 0.215. The first kappa shape index (κ1) is 13.7. The van der Waals surface area contributed by atoms with Crippen LogP contribution in [-0.4, -0.2) is 12.6 Å². The molecule has 1 amide bonds. The van der Waals surface area contributed by atoms with Gasteiger partial charge in [0.05, 0.1) is 6.54 Å². The van der Waals surface area contributed by atoms with Crippen molar-refractivity contribution >= 4 is 11.8 Å². The van der Waals surface area contributed by atoms with Crippen molar-refractivity contribution in [3.8, 4) is 17.6 Å². The summed E-state index contributed by atoms with van der Waals surface area (Å²) in [7, 11) is 0. The van der Waals surface area contributed by atoms with Gasteiger partial charge in [0.15, 0.2) is 0 Å². The smallest absolute Gasteiger partial charge is 0.410 e. The first-order chi connectivity index (χ1) is 9.78. The maximum Gasteiger partial charge on any atom is 0.417 e. The van der Waals surface area contributed by atoms with Gasteiger partial charge in [-0.15, -0.1) is 0 Å². The molecule has 0 aliphatic carbocycles. The fraction of sp³-hybridized carbons (Fsp3) is 0.0625. The Morgan fingerprint density at radius 1 is 1.15 bits per heavy atom. The third-order valence-electron chi connectivity index (χ3n) is 2.40. The Kier molecular flexibility index (Phi) is 4.76. The molecule has 100 valence electrons. The molecule has 0 saturated carbocycles. The molecule has 0 aromatic heterocycles. The number of nitrogens with two attached hydrogens (primary N) is 1. The molecule has 2 aromatic rings. The molecule has 20 heavy (non-hydrogen) atoms. The lowest BCUT2D eigenvalue weighted by Crippen LogP contribution is -2.16. The number of carbonyl (C=O) groups is 1. The Morgan fingerprint density at radius 3 is 2.70 bits per heavy atom. The van der Waals surface area contributed by atoms with Gasteiger partial charge in [-0.3, -0.25) is 5.32 Å². The van der Waals surface area contributed by atoms with Crippen LogP contribution in [0.3, 0.4) is 0 Å². The summed E-state index contributed by atoms with van der Waals surface area (Å²) in [5, 5.41) is 2.65. The van der Waals surface area contributed by atoms with Crippen molar-refractivity contribution in [2.75, 3.05) is 11.9 Å². The molecule has 0 atom stereocenters. The van der Waals surface area contributed by atoms with Gasteiger partial charge in [-0.2, -0.15) is 0 Å². The molecular weight excluding hydrogens is 252 g/mol. The van der Waals surface area contributed by atoms with E-state index in [4.69, 9.17) is 10.5 Å². The van der Waals surface area contributed by atoms with Crippen LogP contribution in [0.25, 0.3) is 0 Å². The van der Waals surface area contributed by atoms with E-state index in [0.717, 1.165) is 5.56 Å². The van der Waals surface area contributed by atoms with E-state index in [1.54, 1.807) is 42.5 Å². The van der Waals surface area contributed by atoms with Crippen molar-refractivity contribution in [1.82, 2.24) is 0 Å². The number of benzene rings is 2. The van der Waals surface area contributed by atoms with Gasteiger partial charge in [0.2, 0.25) is 0 Å². The summed E-state index contributed by atoms with van der Waals surface area (Å²) in [6.07, 6.45) is -0.542. The standard InChI is InChI=1S/C16H14N2O2/c17-11-5-7-13-6-4-8-14(12-13)18-16(19)20-15-9-2-1-3-10-15/h1-4,6,8-10,12H,11,17H2,(H,18,19). The number of rotatable bonds is 2. The first-order valence-electron chi connectivity index (χ1n) is 6.11. The van der Waals surface area contributed by atoms with E-state index in [1.807, 2.05) is 12.1 Å². The molecule has 0 fully saturated rings. The minimum absolute atomic E-state index is 0.299. The van der Waals surface area contributed by atoms with Gasteiger partial charge in [0.1, 0.15) is 5.75 Å². The van der Waals surface area contributed by atoms with E-state index in [0.29, 0.717) is 18.0 Å². The molecule has 2 aromatic carbocycles. The average Bonchev–Trinajstić information content (AvgIpc) is 2.46. The number of hydrogen-bond donors (Lipinski definition) is 2. The number of hydrogen-bond acceptors (Lipinski definition) is 3. The monoisotopic (exact) mass is 266 g/mol. The number of para-hydroxylation sites is 1. The third-order valence-corrected chi connectivity index (χ3v) is 2.40. The molecule has 0 spiro atoms. The van der Waals surface area contributed by atoms with Crippen molar-refractivity contribution in [3.05, 3.63) is 60.2 Å². The highest BCUT2D eigenvalue weighted by Gasteiger charge is 2.04. The number of ether oxygens (including phenoxy) is 1. The highest BCUT2D eigenvalue weighted by molar-refractivity contribution is 5.86. The van der Waals surface area contributed by atoms with E-state index < -0.39 is 6.09 Å². The third kappa shape index (κ3) is 4.16. The van der Waals surface area contributed by atoms with Crippen LogP contribution in [-0.2, 0) is 0 Å². The second kappa shape index (κ2) is 6.98. The van der Waals surface area contributed by atoms with E-state index in [1.165, 1.54) is 0 Å². The van der Waals surface area contributed by atoms with Gasteiger partial charge in [-0.05, 0) is 30.3 Å². The summed E-state index contributed by atoms with van der Waals surface area (Å²) >= 11 is 0. The SMILES string of the molecule is NCC#Cc1cccc(NC(=O)Oc2ccccc2)c1. The van der Waals surface area contributed by atoms with E-state index >= 15 is 0 Å². The lowest BCUT2D eigenvalue weighted by atomic mass is 10.2. The molecule has 0 heterocycles. The minimum atomic E-state index is -0.542. The Labute approximate surface area is 117 Å². The van der Waals surface area contributed by atoms with Crippen LogP contribution < -0.4 is 15.8 Å². The summed E-state index contributed by atoms with van der Waals surface area (Å²) in [6, 6.07) is 16.0. The molecule has 0 saturated heterocycles. The van der Waals surface area contributed by atoms with E-state index in [-0.39, 0.29) is 0 Å². The zero-order valence-corrected chi connectivity index (χ0v) is 10.8. The normalized spacial score (nSPS) is 9.25. The maximum absolute atomic E-state index is 11.7. The highest BCUT2D eigenvalue weighted by atomic mass is 16.6. The van der Waals surface area contributed by atoms with Crippen molar-refractivity contribution in [2.45, 2.75) is 0 Å². The number of nitrogens with one attached hydrogen (secondary N) is 1. The van der Waals surface area contributed by atoms with Crippen molar-refractivity contribution in [3.63, 3.8) is 0 Å². The van der Waals surface area contributed by atoms with Crippen LogP contribution in [0.1, 0.15) is 5.56 Å². The van der Waals surface area contributed by atoms with E-state index in [9.17, 15) is 4.79 Å². The van der Waals surface area contributed by atoms with E-state index in [2.05, 4.69) is 17.2 Å². The average molecular weight is 266 g/mol. The predicted octanol–water partition coefficient (Wildman–Crippen LogP) is 2.61. The van der Waals surface area contributed by atoms with Crippen LogP contribution in [0, 0.1) is 11.8 Å². The topological polar surface area (TPSA) is 64.3 Å². The molecule has 2 rings (SSSR count). The van der Waals surface area contributed by atoms with Crippen LogP contribution in [0.5, 0.6) is 5.75 Å². The fourth-order valence-corrected chi connectivity index (χ4v) is 1.57. The van der Waals surface area contributed by atoms with Gasteiger partial charge in [0, 0.05) is 11.3 Å². The van der Waals surface area contributed by atoms with Crippen LogP contribution in [0.2, 0.25) is 0 Å². The summed E-state index contributed by atoms with van der Waals surface area (Å²) in [6.45, 7) is 0.299. The lowest BCUT2D eigenvalue weighted by Gasteiger charge is -2.06. The van der Waals surface area contributed by atoms with Crippen molar-refractivity contribution < 1.29 is 9.53 Å².